The van der Waals surface area contributed by atoms with Gasteiger partial charge in [-0.25, -0.2) is 14.7 Å². The number of nitrogens with zero attached hydrogens (tertiary/aromatic N) is 3. The third kappa shape index (κ3) is 7.76. The van der Waals surface area contributed by atoms with Crippen LogP contribution in [0, 0.1) is 6.92 Å². The first-order valence-corrected chi connectivity index (χ1v) is 14.7. The van der Waals surface area contributed by atoms with Gasteiger partial charge in [-0.15, -0.1) is 0 Å². The van der Waals surface area contributed by atoms with E-state index in [0.717, 1.165) is 5.56 Å². The first-order chi connectivity index (χ1) is 12.0. The number of carbonyl (C=O) groups is 1. The van der Waals surface area contributed by atoms with Crippen LogP contribution < -0.4 is 0 Å². The van der Waals surface area contributed by atoms with E-state index in [1.54, 1.807) is 0 Å². The van der Waals surface area contributed by atoms with Gasteiger partial charge in [0.25, 0.3) is 0 Å². The van der Waals surface area contributed by atoms with Crippen molar-refractivity contribution in [3.8, 4) is 0 Å². The Kier molecular flexibility index (Phi) is 9.58. The van der Waals surface area contributed by atoms with Gasteiger partial charge < -0.3 is 5.11 Å². The van der Waals surface area contributed by atoms with E-state index in [-0.39, 0.29) is 29.5 Å². The molecule has 0 radical (unpaired) electrons. The molecule has 4 saturated heterocycles. The van der Waals surface area contributed by atoms with Crippen LogP contribution in [0.15, 0.2) is 24.3 Å². The molecule has 0 atom stereocenters. The fraction of sp³-hybridized carbons (Fsp3) is 0.562. The molecule has 0 unspecified atom stereocenters. The van der Waals surface area contributed by atoms with Crippen LogP contribution in [0.25, 0.3) is 0 Å². The predicted octanol–water partition coefficient (Wildman–Crippen LogP) is 3.28. The Labute approximate surface area is 166 Å². The van der Waals surface area contributed by atoms with E-state index in [1.165, 1.54) is 44.4 Å². The van der Waals surface area contributed by atoms with Crippen molar-refractivity contribution in [2.45, 2.75) is 19.8 Å². The van der Waals surface area contributed by atoms with Crippen molar-refractivity contribution in [2.24, 2.45) is 0 Å². The summed E-state index contributed by atoms with van der Waals surface area (Å²) in [4.78, 5) is 18.0. The SMILES string of the molecule is C1N2CN3CN1C[PH+](C2)C3.Cc1ccc(CCC(=O)O)cc1.[Cl][Ru][Cl]. The van der Waals surface area contributed by atoms with Gasteiger partial charge in [0.15, 0.2) is 0 Å². The van der Waals surface area contributed by atoms with Gasteiger partial charge in [-0.1, -0.05) is 29.8 Å². The molecule has 1 N–H and O–H groups in total. The molecule has 4 fully saturated rings. The summed E-state index contributed by atoms with van der Waals surface area (Å²) < 4.78 is 0. The number of carboxylic acid groups (broad SMARTS) is 1. The molecule has 5 nitrogen and oxygen atoms in total. The predicted molar refractivity (Wildman–Crippen MR) is 102 cm³/mol. The number of hydrogen-bond acceptors (Lipinski definition) is 4. The van der Waals surface area contributed by atoms with E-state index in [1.807, 2.05) is 31.2 Å². The molecule has 0 saturated carbocycles. The zero-order chi connectivity index (χ0) is 18.2. The van der Waals surface area contributed by atoms with Crippen LogP contribution >= 0.6 is 27.3 Å². The van der Waals surface area contributed by atoms with Crippen LogP contribution in [0.3, 0.4) is 0 Å². The van der Waals surface area contributed by atoms with E-state index < -0.39 is 5.97 Å². The molecule has 5 rings (SSSR count). The molecule has 0 amide bonds. The van der Waals surface area contributed by atoms with Crippen LogP contribution in [-0.4, -0.2) is 64.6 Å². The monoisotopic (exact) mass is 494 g/mol. The number of carboxylic acids is 1. The summed E-state index contributed by atoms with van der Waals surface area (Å²) in [6.07, 6.45) is 5.20. The second-order valence-electron chi connectivity index (χ2n) is 6.59. The summed E-state index contributed by atoms with van der Waals surface area (Å²) in [5.74, 6) is -0.740. The molecule has 1 aromatic rings. The molecule has 0 spiro atoms. The average Bonchev–Trinajstić information content (AvgIpc) is 2.54. The van der Waals surface area contributed by atoms with Crippen molar-refractivity contribution in [2.75, 3.05) is 38.9 Å². The third-order valence-electron chi connectivity index (χ3n) is 4.29. The minimum atomic E-state index is -0.740. The maximum atomic E-state index is 10.2. The average molecular weight is 494 g/mol. The van der Waals surface area contributed by atoms with Crippen LogP contribution in [-0.2, 0) is 26.4 Å². The van der Waals surface area contributed by atoms with E-state index >= 15 is 0 Å². The molecule has 4 aliphatic rings. The molecular weight excluding hydrogens is 469 g/mol. The first-order valence-electron chi connectivity index (χ1n) is 8.13. The Hall–Kier alpha value is 0.203. The standard InChI is InChI=1S/C10H12O2.C6H12N3P.2ClH.Ru/c1-8-2-4-9(5-3-8)6-7-10(11)12;1-7-2-9-3-8(1)5-10(4-7)6-9;;;/h2-5H,6-7H2,1H3,(H,11,12);1-6H2;2*1H;/q;;;;+2/p-1. The van der Waals surface area contributed by atoms with E-state index in [2.05, 4.69) is 14.7 Å². The van der Waals surface area contributed by atoms with Gasteiger partial charge in [-0.3, -0.25) is 4.79 Å². The molecule has 25 heavy (non-hydrogen) atoms. The Bertz CT molecular complexity index is 494. The Morgan fingerprint density at radius 1 is 1.08 bits per heavy atom. The summed E-state index contributed by atoms with van der Waals surface area (Å²) in [6.45, 7) is 5.78. The molecule has 4 bridgehead atoms. The number of aryl methyl sites for hydroxylation is 2. The molecule has 9 heteroatoms. The van der Waals surface area contributed by atoms with Crippen molar-refractivity contribution in [3.05, 3.63) is 35.4 Å². The van der Waals surface area contributed by atoms with Crippen molar-refractivity contribution < 1.29 is 25.0 Å². The first kappa shape index (κ1) is 21.5. The number of halogens is 2. The van der Waals surface area contributed by atoms with Crippen LogP contribution in [0.4, 0.5) is 0 Å². The number of aliphatic carboxylic acids is 1. The van der Waals surface area contributed by atoms with Crippen LogP contribution in [0.1, 0.15) is 17.5 Å². The topological polar surface area (TPSA) is 47.0 Å². The zero-order valence-electron chi connectivity index (χ0n) is 14.3. The van der Waals surface area contributed by atoms with E-state index in [0.29, 0.717) is 6.42 Å². The van der Waals surface area contributed by atoms with Gasteiger partial charge in [0.05, 0.1) is 20.0 Å². The van der Waals surface area contributed by atoms with Gasteiger partial charge in [-0.05, 0) is 18.9 Å². The molecular formula is C16H25Cl2N3O2PRu+. The van der Waals surface area contributed by atoms with Crippen molar-refractivity contribution in [1.82, 2.24) is 14.7 Å². The Morgan fingerprint density at radius 3 is 1.88 bits per heavy atom. The quantitative estimate of drug-likeness (QED) is 0.517. The summed E-state index contributed by atoms with van der Waals surface area (Å²) in [6, 6.07) is 7.94. The van der Waals surface area contributed by atoms with Gasteiger partial charge in [-0.2, -0.15) is 0 Å². The van der Waals surface area contributed by atoms with E-state index in [4.69, 9.17) is 24.5 Å². The third-order valence-corrected chi connectivity index (χ3v) is 6.97. The van der Waals surface area contributed by atoms with Gasteiger partial charge in [0.1, 0.15) is 18.9 Å². The molecule has 4 aliphatic heterocycles. The normalized spacial score (nSPS) is 28.6. The Morgan fingerprint density at radius 2 is 1.52 bits per heavy atom. The minimum absolute atomic E-state index is 0.0297. The maximum absolute atomic E-state index is 10.2. The fourth-order valence-electron chi connectivity index (χ4n) is 3.39. The summed E-state index contributed by atoms with van der Waals surface area (Å²) in [7, 11) is 9.74. The number of benzene rings is 1. The van der Waals surface area contributed by atoms with E-state index in [9.17, 15) is 4.79 Å². The molecule has 0 aromatic heterocycles. The van der Waals surface area contributed by atoms with Crippen LogP contribution in [0.2, 0.25) is 0 Å². The van der Waals surface area contributed by atoms with Crippen molar-refractivity contribution in [3.63, 3.8) is 0 Å². The van der Waals surface area contributed by atoms with Crippen molar-refractivity contribution >= 4 is 33.3 Å². The Balaban J connectivity index is 0.000000157. The molecule has 4 heterocycles. The molecule has 1 aromatic carbocycles. The summed E-state index contributed by atoms with van der Waals surface area (Å²) in [5.41, 5.74) is 2.29. The summed E-state index contributed by atoms with van der Waals surface area (Å²) >= 11 is -0.346. The van der Waals surface area contributed by atoms with Crippen molar-refractivity contribution in [1.29, 1.82) is 0 Å². The van der Waals surface area contributed by atoms with Gasteiger partial charge in [0, 0.05) is 14.3 Å². The molecule has 0 aliphatic carbocycles. The van der Waals surface area contributed by atoms with Crippen LogP contribution in [0.5, 0.6) is 0 Å². The fourth-order valence-corrected chi connectivity index (χ4v) is 6.18. The van der Waals surface area contributed by atoms with Gasteiger partial charge >= 0.3 is 40.5 Å². The zero-order valence-corrected chi connectivity index (χ0v) is 18.5. The second-order valence-corrected chi connectivity index (χ2v) is 11.7. The number of rotatable bonds is 3. The molecule has 142 valence electrons. The summed E-state index contributed by atoms with van der Waals surface area (Å²) in [5, 5.41) is 8.43. The second kappa shape index (κ2) is 11.1. The number of hydrogen-bond donors (Lipinski definition) is 1. The van der Waals surface area contributed by atoms with Gasteiger partial charge in [0.2, 0.25) is 0 Å².